The van der Waals surface area contributed by atoms with Crippen LogP contribution in [0.5, 0.6) is 0 Å². The molecule has 1 aliphatic heterocycles. The number of rotatable bonds is 5. The van der Waals surface area contributed by atoms with E-state index in [1.807, 2.05) is 31.6 Å². The Labute approximate surface area is 140 Å². The summed E-state index contributed by atoms with van der Waals surface area (Å²) in [6.45, 7) is 5.31. The summed E-state index contributed by atoms with van der Waals surface area (Å²) in [4.78, 5) is 13.9. The van der Waals surface area contributed by atoms with Crippen LogP contribution in [0.2, 0.25) is 0 Å². The van der Waals surface area contributed by atoms with Crippen LogP contribution in [0.4, 0.5) is 0 Å². The van der Waals surface area contributed by atoms with E-state index in [9.17, 15) is 4.79 Å². The van der Waals surface area contributed by atoms with Gasteiger partial charge in [0, 0.05) is 36.3 Å². The van der Waals surface area contributed by atoms with Crippen LogP contribution in [0.25, 0.3) is 0 Å². The van der Waals surface area contributed by atoms with Gasteiger partial charge in [-0.1, -0.05) is 6.07 Å². The normalized spacial score (nSPS) is 20.8. The number of ether oxygens (including phenoxy) is 1. The van der Waals surface area contributed by atoms with Gasteiger partial charge in [0.2, 0.25) is 5.91 Å². The maximum atomic E-state index is 12.6. The molecule has 2 atom stereocenters. The smallest absolute Gasteiger partial charge is 0.226 e. The highest BCUT2D eigenvalue weighted by atomic mass is 32.1. The fourth-order valence-corrected chi connectivity index (χ4v) is 3.95. The second kappa shape index (κ2) is 6.84. The van der Waals surface area contributed by atoms with Crippen molar-refractivity contribution in [2.24, 2.45) is 13.0 Å². The van der Waals surface area contributed by atoms with Crippen LogP contribution in [0.3, 0.4) is 0 Å². The van der Waals surface area contributed by atoms with Crippen molar-refractivity contribution >= 4 is 17.2 Å². The lowest BCUT2D eigenvalue weighted by Crippen LogP contribution is -2.33. The summed E-state index contributed by atoms with van der Waals surface area (Å²) in [7, 11) is 1.93. The lowest BCUT2D eigenvalue weighted by atomic mass is 9.93. The Morgan fingerprint density at radius 3 is 3.00 bits per heavy atom. The molecule has 0 radical (unpaired) electrons. The Balaban J connectivity index is 1.65. The Morgan fingerprint density at radius 2 is 2.35 bits per heavy atom. The quantitative estimate of drug-likeness (QED) is 0.915. The van der Waals surface area contributed by atoms with E-state index in [-0.39, 0.29) is 17.9 Å². The first-order valence-corrected chi connectivity index (χ1v) is 8.87. The summed E-state index contributed by atoms with van der Waals surface area (Å²) in [5, 5.41) is 9.58. The molecule has 3 heterocycles. The van der Waals surface area contributed by atoms with Gasteiger partial charge < -0.3 is 10.1 Å². The van der Waals surface area contributed by atoms with Gasteiger partial charge in [-0.25, -0.2) is 0 Å². The number of nitrogens with zero attached hydrogens (tertiary/aromatic N) is 2. The van der Waals surface area contributed by atoms with E-state index in [4.69, 9.17) is 4.74 Å². The summed E-state index contributed by atoms with van der Waals surface area (Å²) in [5.74, 6) is -0.0355. The van der Waals surface area contributed by atoms with Gasteiger partial charge in [0.05, 0.1) is 17.7 Å². The average Bonchev–Trinajstić information content (AvgIpc) is 3.22. The van der Waals surface area contributed by atoms with Gasteiger partial charge in [-0.2, -0.15) is 5.10 Å². The molecule has 1 saturated heterocycles. The summed E-state index contributed by atoms with van der Waals surface area (Å²) in [5.41, 5.74) is 3.10. The maximum absolute atomic E-state index is 12.6. The molecule has 124 valence electrons. The minimum absolute atomic E-state index is 0.0895. The van der Waals surface area contributed by atoms with E-state index in [0.717, 1.165) is 29.8 Å². The Morgan fingerprint density at radius 1 is 1.52 bits per heavy atom. The monoisotopic (exact) mass is 333 g/mol. The lowest BCUT2D eigenvalue weighted by Gasteiger charge is -2.19. The van der Waals surface area contributed by atoms with Crippen molar-refractivity contribution in [1.82, 2.24) is 15.1 Å². The van der Waals surface area contributed by atoms with Crippen molar-refractivity contribution in [3.05, 3.63) is 39.3 Å². The first-order chi connectivity index (χ1) is 11.1. The van der Waals surface area contributed by atoms with Crippen LogP contribution < -0.4 is 5.32 Å². The van der Waals surface area contributed by atoms with Crippen LogP contribution in [-0.4, -0.2) is 28.8 Å². The number of aryl methyl sites for hydroxylation is 2. The van der Waals surface area contributed by atoms with E-state index in [2.05, 4.69) is 21.9 Å². The first kappa shape index (κ1) is 16.2. The number of carbonyl (C=O) groups is 1. The van der Waals surface area contributed by atoms with Gasteiger partial charge in [0.15, 0.2) is 0 Å². The average molecular weight is 333 g/mol. The predicted octanol–water partition coefficient (Wildman–Crippen LogP) is 2.53. The van der Waals surface area contributed by atoms with Crippen molar-refractivity contribution in [2.45, 2.75) is 32.8 Å². The number of thiophene rings is 1. The zero-order valence-corrected chi connectivity index (χ0v) is 14.7. The first-order valence-electron chi connectivity index (χ1n) is 7.99. The van der Waals surface area contributed by atoms with E-state index < -0.39 is 0 Å². The number of hydrogen-bond donors (Lipinski definition) is 1. The standard InChI is InChI=1S/C17H23N3O2S/c1-11-15(12(2)20(3)19-11)16-14(7-9-22-16)17(21)18-8-6-13-5-4-10-23-13/h4-5,10,14,16H,6-9H2,1-3H3,(H,18,21)/t14-,16-/m0/s1. The predicted molar refractivity (Wildman–Crippen MR) is 90.5 cm³/mol. The molecule has 0 saturated carbocycles. The third-order valence-electron chi connectivity index (χ3n) is 4.53. The third kappa shape index (κ3) is 3.33. The summed E-state index contributed by atoms with van der Waals surface area (Å²) >= 11 is 1.72. The fourth-order valence-electron chi connectivity index (χ4n) is 3.24. The van der Waals surface area contributed by atoms with Crippen LogP contribution >= 0.6 is 11.3 Å². The number of hydrogen-bond acceptors (Lipinski definition) is 4. The van der Waals surface area contributed by atoms with E-state index in [0.29, 0.717) is 13.2 Å². The number of nitrogens with one attached hydrogen (secondary N) is 1. The Hall–Kier alpha value is -1.66. The third-order valence-corrected chi connectivity index (χ3v) is 5.46. The molecule has 5 nitrogen and oxygen atoms in total. The summed E-state index contributed by atoms with van der Waals surface area (Å²) in [6, 6.07) is 4.14. The molecule has 1 aliphatic rings. The molecule has 1 N–H and O–H groups in total. The van der Waals surface area contributed by atoms with Gasteiger partial charge in [-0.15, -0.1) is 11.3 Å². The SMILES string of the molecule is Cc1nn(C)c(C)c1[C@H]1OCC[C@@H]1C(=O)NCCc1cccs1. The van der Waals surface area contributed by atoms with Gasteiger partial charge in [-0.3, -0.25) is 9.48 Å². The molecule has 0 aromatic carbocycles. The molecule has 0 aliphatic carbocycles. The molecule has 2 aromatic rings. The van der Waals surface area contributed by atoms with E-state index >= 15 is 0 Å². The molecule has 1 fully saturated rings. The Kier molecular flexibility index (Phi) is 4.82. The van der Waals surface area contributed by atoms with Crippen molar-refractivity contribution < 1.29 is 9.53 Å². The number of carbonyl (C=O) groups excluding carboxylic acids is 1. The molecule has 0 unspecified atom stereocenters. The molecule has 23 heavy (non-hydrogen) atoms. The minimum atomic E-state index is -0.176. The van der Waals surface area contributed by atoms with Gasteiger partial charge in [0.1, 0.15) is 0 Å². The molecule has 6 heteroatoms. The van der Waals surface area contributed by atoms with Crippen molar-refractivity contribution in [3.63, 3.8) is 0 Å². The van der Waals surface area contributed by atoms with Crippen LogP contribution in [0.15, 0.2) is 17.5 Å². The maximum Gasteiger partial charge on any atom is 0.226 e. The van der Waals surface area contributed by atoms with Crippen molar-refractivity contribution in [2.75, 3.05) is 13.2 Å². The van der Waals surface area contributed by atoms with E-state index in [1.165, 1.54) is 4.88 Å². The molecular weight excluding hydrogens is 310 g/mol. The molecular formula is C17H23N3O2S. The molecule has 1 amide bonds. The molecule has 0 spiro atoms. The topological polar surface area (TPSA) is 56.2 Å². The lowest BCUT2D eigenvalue weighted by molar-refractivity contribution is -0.126. The largest absolute Gasteiger partial charge is 0.373 e. The highest BCUT2D eigenvalue weighted by Crippen LogP contribution is 2.37. The number of amides is 1. The van der Waals surface area contributed by atoms with Gasteiger partial charge in [0.25, 0.3) is 0 Å². The molecule has 3 rings (SSSR count). The zero-order valence-electron chi connectivity index (χ0n) is 13.8. The summed E-state index contributed by atoms with van der Waals surface area (Å²) < 4.78 is 7.75. The zero-order chi connectivity index (χ0) is 16.4. The van der Waals surface area contributed by atoms with Gasteiger partial charge >= 0.3 is 0 Å². The minimum Gasteiger partial charge on any atom is -0.373 e. The van der Waals surface area contributed by atoms with Crippen LogP contribution in [0, 0.1) is 19.8 Å². The van der Waals surface area contributed by atoms with Crippen LogP contribution in [-0.2, 0) is 23.0 Å². The second-order valence-corrected chi connectivity index (χ2v) is 7.05. The Bertz CT molecular complexity index is 678. The van der Waals surface area contributed by atoms with E-state index in [1.54, 1.807) is 11.3 Å². The summed E-state index contributed by atoms with van der Waals surface area (Å²) in [6.07, 6.45) is 1.47. The number of aromatic nitrogens is 2. The van der Waals surface area contributed by atoms with Crippen LogP contribution in [0.1, 0.15) is 34.4 Å². The highest BCUT2D eigenvalue weighted by molar-refractivity contribution is 7.09. The molecule has 0 bridgehead atoms. The van der Waals surface area contributed by atoms with Gasteiger partial charge in [-0.05, 0) is 38.1 Å². The molecule has 2 aromatic heterocycles. The highest BCUT2D eigenvalue weighted by Gasteiger charge is 2.37. The second-order valence-electron chi connectivity index (χ2n) is 6.02. The fraction of sp³-hybridized carbons (Fsp3) is 0.529. The van der Waals surface area contributed by atoms with Crippen molar-refractivity contribution in [1.29, 1.82) is 0 Å². The van der Waals surface area contributed by atoms with Crippen molar-refractivity contribution in [3.8, 4) is 0 Å².